The molecular weight excluding hydrogens is 248 g/mol. The van der Waals surface area contributed by atoms with Gasteiger partial charge in [0.2, 0.25) is 0 Å². The molecule has 0 radical (unpaired) electrons. The van der Waals surface area contributed by atoms with Crippen LogP contribution in [0.4, 0.5) is 11.4 Å². The van der Waals surface area contributed by atoms with Gasteiger partial charge in [-0.15, -0.1) is 12.4 Å². The molecule has 1 aromatic heterocycles. The lowest BCUT2D eigenvalue weighted by Crippen LogP contribution is -2.21. The maximum atomic E-state index is 11.7. The summed E-state index contributed by atoms with van der Waals surface area (Å²) < 4.78 is 1.64. The number of rotatable bonds is 2. The molecule has 1 heterocycles. The molecule has 18 heavy (non-hydrogen) atoms. The van der Waals surface area contributed by atoms with E-state index in [0.717, 1.165) is 17.1 Å². The largest absolute Gasteiger partial charge is 0.344 e. The van der Waals surface area contributed by atoms with Crippen LogP contribution >= 0.6 is 12.4 Å². The van der Waals surface area contributed by atoms with Crippen molar-refractivity contribution in [2.24, 2.45) is 7.05 Å². The molecule has 4 heteroatoms. The molecule has 0 spiro atoms. The van der Waals surface area contributed by atoms with Gasteiger partial charge in [-0.05, 0) is 25.1 Å². The molecule has 0 aliphatic heterocycles. The van der Waals surface area contributed by atoms with E-state index in [9.17, 15) is 4.79 Å². The van der Waals surface area contributed by atoms with E-state index in [0.29, 0.717) is 0 Å². The first-order chi connectivity index (χ1) is 8.09. The van der Waals surface area contributed by atoms with Gasteiger partial charge in [-0.3, -0.25) is 4.79 Å². The van der Waals surface area contributed by atoms with E-state index in [2.05, 4.69) is 0 Å². The molecule has 3 nitrogen and oxygen atoms in total. The molecule has 0 fully saturated rings. The number of nitrogens with zero attached hydrogens (tertiary/aromatic N) is 2. The van der Waals surface area contributed by atoms with Crippen LogP contribution in [-0.4, -0.2) is 11.6 Å². The maximum absolute atomic E-state index is 11.7. The third-order valence-corrected chi connectivity index (χ3v) is 3.02. The molecule has 0 aliphatic carbocycles. The fourth-order valence-corrected chi connectivity index (χ4v) is 1.74. The van der Waals surface area contributed by atoms with Gasteiger partial charge in [0.05, 0.1) is 0 Å². The van der Waals surface area contributed by atoms with Gasteiger partial charge in [0.25, 0.3) is 5.56 Å². The van der Waals surface area contributed by atoms with Crippen LogP contribution < -0.4 is 10.5 Å². The molecule has 0 saturated heterocycles. The second-order valence-corrected chi connectivity index (χ2v) is 4.15. The summed E-state index contributed by atoms with van der Waals surface area (Å²) in [5.41, 5.74) is 2.95. The van der Waals surface area contributed by atoms with E-state index in [1.54, 1.807) is 17.7 Å². The van der Waals surface area contributed by atoms with E-state index in [1.165, 1.54) is 0 Å². The van der Waals surface area contributed by atoms with E-state index >= 15 is 0 Å². The van der Waals surface area contributed by atoms with Gasteiger partial charge >= 0.3 is 0 Å². The van der Waals surface area contributed by atoms with Gasteiger partial charge in [-0.1, -0.05) is 18.2 Å². The molecular formula is C14H17ClN2O. The van der Waals surface area contributed by atoms with Crippen molar-refractivity contribution in [1.82, 2.24) is 4.57 Å². The van der Waals surface area contributed by atoms with Gasteiger partial charge in [0.1, 0.15) is 0 Å². The predicted molar refractivity (Wildman–Crippen MR) is 78.2 cm³/mol. The Morgan fingerprint density at radius 3 is 2.22 bits per heavy atom. The lowest BCUT2D eigenvalue weighted by atomic mass is 10.2. The monoisotopic (exact) mass is 264 g/mol. The molecule has 0 unspecified atom stereocenters. The summed E-state index contributed by atoms with van der Waals surface area (Å²) in [6.45, 7) is 1.93. The average Bonchev–Trinajstić information content (AvgIpc) is 2.35. The Morgan fingerprint density at radius 1 is 1.06 bits per heavy atom. The standard InChI is InChI=1S/C14H16N2O.ClH/c1-11-9-13(10-14(17)15(11)2)16(3)12-7-5-4-6-8-12;/h4-10H,1-3H3;1H. The van der Waals surface area contributed by atoms with Crippen LogP contribution in [-0.2, 0) is 7.05 Å². The third kappa shape index (κ3) is 2.74. The van der Waals surface area contributed by atoms with Gasteiger partial charge in [0.15, 0.2) is 0 Å². The van der Waals surface area contributed by atoms with E-state index in [4.69, 9.17) is 0 Å². The Morgan fingerprint density at radius 2 is 1.67 bits per heavy atom. The highest BCUT2D eigenvalue weighted by Crippen LogP contribution is 2.22. The average molecular weight is 265 g/mol. The summed E-state index contributed by atoms with van der Waals surface area (Å²) in [7, 11) is 3.74. The third-order valence-electron chi connectivity index (χ3n) is 3.02. The quantitative estimate of drug-likeness (QED) is 0.833. The normalized spacial score (nSPS) is 9.72. The Bertz CT molecular complexity index is 578. The smallest absolute Gasteiger partial charge is 0.252 e. The second kappa shape index (κ2) is 5.74. The minimum Gasteiger partial charge on any atom is -0.344 e. The van der Waals surface area contributed by atoms with Gasteiger partial charge in [0, 0.05) is 37.2 Å². The lowest BCUT2D eigenvalue weighted by Gasteiger charge is -2.20. The summed E-state index contributed by atoms with van der Waals surface area (Å²) in [4.78, 5) is 13.7. The zero-order valence-electron chi connectivity index (χ0n) is 10.8. The molecule has 0 N–H and O–H groups in total. The number of hydrogen-bond acceptors (Lipinski definition) is 2. The zero-order valence-corrected chi connectivity index (χ0v) is 11.6. The van der Waals surface area contributed by atoms with Crippen molar-refractivity contribution < 1.29 is 0 Å². The first-order valence-electron chi connectivity index (χ1n) is 5.56. The first-order valence-corrected chi connectivity index (χ1v) is 5.56. The predicted octanol–water partition coefficient (Wildman–Crippen LogP) is 2.88. The molecule has 0 saturated carbocycles. The van der Waals surface area contributed by atoms with Crippen LogP contribution in [0.2, 0.25) is 0 Å². The van der Waals surface area contributed by atoms with Gasteiger partial charge in [-0.2, -0.15) is 0 Å². The maximum Gasteiger partial charge on any atom is 0.252 e. The molecule has 0 bridgehead atoms. The number of pyridine rings is 1. The fourth-order valence-electron chi connectivity index (χ4n) is 1.74. The van der Waals surface area contributed by atoms with Crippen LogP contribution in [0.15, 0.2) is 47.3 Å². The molecule has 0 aliphatic rings. The Hall–Kier alpha value is -1.74. The second-order valence-electron chi connectivity index (χ2n) is 4.15. The van der Waals surface area contributed by atoms with Crippen LogP contribution in [0, 0.1) is 6.92 Å². The number of para-hydroxylation sites is 1. The molecule has 96 valence electrons. The SMILES string of the molecule is Cc1cc(N(C)c2ccccc2)cc(=O)n1C.Cl. The molecule has 0 atom stereocenters. The van der Waals surface area contributed by atoms with Gasteiger partial charge < -0.3 is 9.47 Å². The minimum atomic E-state index is 0. The van der Waals surface area contributed by atoms with Gasteiger partial charge in [-0.25, -0.2) is 0 Å². The summed E-state index contributed by atoms with van der Waals surface area (Å²) in [5, 5.41) is 0. The highest BCUT2D eigenvalue weighted by molar-refractivity contribution is 5.85. The van der Waals surface area contributed by atoms with Crippen LogP contribution in [0.1, 0.15) is 5.69 Å². The number of aryl methyl sites for hydroxylation is 1. The molecule has 1 aromatic carbocycles. The van der Waals surface area contributed by atoms with E-state index in [1.807, 2.05) is 55.3 Å². The number of halogens is 1. The van der Waals surface area contributed by atoms with Crippen LogP contribution in [0.25, 0.3) is 0 Å². The van der Waals surface area contributed by atoms with Crippen molar-refractivity contribution in [3.63, 3.8) is 0 Å². The Kier molecular flexibility index (Phi) is 4.56. The Labute approximate surface area is 113 Å². The van der Waals surface area contributed by atoms with Crippen molar-refractivity contribution in [3.8, 4) is 0 Å². The van der Waals surface area contributed by atoms with E-state index in [-0.39, 0.29) is 18.0 Å². The topological polar surface area (TPSA) is 25.2 Å². The first kappa shape index (κ1) is 14.3. The summed E-state index contributed by atoms with van der Waals surface area (Å²) in [5.74, 6) is 0. The fraction of sp³-hybridized carbons (Fsp3) is 0.214. The van der Waals surface area contributed by atoms with Crippen molar-refractivity contribution >= 4 is 23.8 Å². The van der Waals surface area contributed by atoms with Crippen molar-refractivity contribution in [3.05, 3.63) is 58.5 Å². The highest BCUT2D eigenvalue weighted by Gasteiger charge is 2.06. The number of benzene rings is 1. The Balaban J connectivity index is 0.00000162. The molecule has 2 aromatic rings. The minimum absolute atomic E-state index is 0. The lowest BCUT2D eigenvalue weighted by molar-refractivity contribution is 0.817. The summed E-state index contributed by atoms with van der Waals surface area (Å²) in [6.07, 6.45) is 0. The van der Waals surface area contributed by atoms with Crippen molar-refractivity contribution in [1.29, 1.82) is 0 Å². The molecule has 0 amide bonds. The van der Waals surface area contributed by atoms with Crippen LogP contribution in [0.3, 0.4) is 0 Å². The zero-order chi connectivity index (χ0) is 12.4. The van der Waals surface area contributed by atoms with E-state index < -0.39 is 0 Å². The van der Waals surface area contributed by atoms with Crippen molar-refractivity contribution in [2.75, 3.05) is 11.9 Å². The number of hydrogen-bond donors (Lipinski definition) is 0. The number of aromatic nitrogens is 1. The summed E-state index contributed by atoms with van der Waals surface area (Å²) in [6, 6.07) is 13.7. The summed E-state index contributed by atoms with van der Waals surface area (Å²) >= 11 is 0. The molecule has 2 rings (SSSR count). The highest BCUT2D eigenvalue weighted by atomic mass is 35.5. The van der Waals surface area contributed by atoms with Crippen molar-refractivity contribution in [2.45, 2.75) is 6.92 Å². The van der Waals surface area contributed by atoms with Crippen LogP contribution in [0.5, 0.6) is 0 Å². The number of anilines is 2.